The van der Waals surface area contributed by atoms with E-state index >= 15 is 0 Å². The number of hydrogen-bond donors (Lipinski definition) is 0. The smallest absolute Gasteiger partial charge is 0.338 e. The fraction of sp³-hybridized carbons (Fsp3) is 0.125. The van der Waals surface area contributed by atoms with Crippen molar-refractivity contribution in [2.24, 2.45) is 0 Å². The summed E-state index contributed by atoms with van der Waals surface area (Å²) in [4.78, 5) is 29.6. The van der Waals surface area contributed by atoms with E-state index in [1.165, 1.54) is 7.11 Å². The number of fused-ring (bicyclic) bond motifs is 2. The van der Waals surface area contributed by atoms with Crippen LogP contribution < -0.4 is 5.56 Å². The van der Waals surface area contributed by atoms with Crippen LogP contribution >= 0.6 is 11.6 Å². The largest absolute Gasteiger partial charge is 0.465 e. The lowest BCUT2D eigenvalue weighted by Crippen LogP contribution is -2.20. The number of carbonyl (C=O) groups excluding carboxylic acids is 1. The Bertz CT molecular complexity index is 1430. The lowest BCUT2D eigenvalue weighted by molar-refractivity contribution is 0.0601. The zero-order chi connectivity index (χ0) is 21.5. The van der Waals surface area contributed by atoms with E-state index in [2.05, 4.69) is 4.98 Å². The zero-order valence-corrected chi connectivity index (χ0v) is 17.3. The van der Waals surface area contributed by atoms with Gasteiger partial charge in [-0.15, -0.1) is 0 Å². The SMILES string of the molecule is COC(=O)c1ccccc1-c1ccc(/C=C2\CCn3c2nc2cc(Cl)ccc2c3=O)o1. The van der Waals surface area contributed by atoms with Gasteiger partial charge in [-0.2, -0.15) is 0 Å². The first-order chi connectivity index (χ1) is 15.0. The molecule has 0 unspecified atom stereocenters. The van der Waals surface area contributed by atoms with Gasteiger partial charge in [0.25, 0.3) is 5.56 Å². The Morgan fingerprint density at radius 1 is 1.19 bits per heavy atom. The first-order valence-electron chi connectivity index (χ1n) is 9.74. The topological polar surface area (TPSA) is 74.3 Å². The minimum absolute atomic E-state index is 0.0767. The van der Waals surface area contributed by atoms with Gasteiger partial charge in [0.1, 0.15) is 17.3 Å². The van der Waals surface area contributed by atoms with Crippen molar-refractivity contribution in [3.05, 3.63) is 87.1 Å². The van der Waals surface area contributed by atoms with Gasteiger partial charge < -0.3 is 9.15 Å². The van der Waals surface area contributed by atoms with Crippen molar-refractivity contribution in [3.8, 4) is 11.3 Å². The van der Waals surface area contributed by atoms with E-state index in [0.29, 0.717) is 57.4 Å². The predicted molar refractivity (Wildman–Crippen MR) is 119 cm³/mol. The minimum atomic E-state index is -0.425. The van der Waals surface area contributed by atoms with E-state index in [4.69, 9.17) is 20.8 Å². The summed E-state index contributed by atoms with van der Waals surface area (Å²) in [5, 5.41) is 1.09. The van der Waals surface area contributed by atoms with Gasteiger partial charge in [-0.05, 0) is 48.9 Å². The fourth-order valence-corrected chi connectivity index (χ4v) is 4.03. The van der Waals surface area contributed by atoms with Crippen LogP contribution in [-0.2, 0) is 11.3 Å². The number of hydrogen-bond acceptors (Lipinski definition) is 5. The van der Waals surface area contributed by atoms with E-state index in [1.807, 2.05) is 30.3 Å². The number of allylic oxidation sites excluding steroid dienone is 1. The maximum Gasteiger partial charge on any atom is 0.338 e. The summed E-state index contributed by atoms with van der Waals surface area (Å²) < 4.78 is 12.5. The van der Waals surface area contributed by atoms with Crippen LogP contribution in [0.15, 0.2) is 63.8 Å². The predicted octanol–water partition coefficient (Wildman–Crippen LogP) is 5.04. The molecule has 6 nitrogen and oxygen atoms in total. The Morgan fingerprint density at radius 2 is 2.03 bits per heavy atom. The van der Waals surface area contributed by atoms with Crippen LogP contribution in [0.2, 0.25) is 5.02 Å². The van der Waals surface area contributed by atoms with Crippen LogP contribution in [0.25, 0.3) is 33.9 Å². The second-order valence-corrected chi connectivity index (χ2v) is 7.65. The first kappa shape index (κ1) is 19.3. The van der Waals surface area contributed by atoms with Crippen molar-refractivity contribution < 1.29 is 13.9 Å². The number of esters is 1. The van der Waals surface area contributed by atoms with Crippen molar-refractivity contribution in [2.75, 3.05) is 7.11 Å². The van der Waals surface area contributed by atoms with E-state index < -0.39 is 5.97 Å². The molecule has 31 heavy (non-hydrogen) atoms. The second kappa shape index (κ2) is 7.56. The molecule has 0 spiro atoms. The zero-order valence-electron chi connectivity index (χ0n) is 16.6. The first-order valence-corrected chi connectivity index (χ1v) is 10.1. The molecule has 0 amide bonds. The molecule has 1 aliphatic heterocycles. The molecule has 0 N–H and O–H groups in total. The molecule has 4 aromatic rings. The van der Waals surface area contributed by atoms with Gasteiger partial charge >= 0.3 is 5.97 Å². The molecule has 0 radical (unpaired) electrons. The summed E-state index contributed by atoms with van der Waals surface area (Å²) >= 11 is 6.08. The van der Waals surface area contributed by atoms with E-state index in [9.17, 15) is 9.59 Å². The Labute approximate surface area is 182 Å². The third kappa shape index (κ3) is 3.35. The highest BCUT2D eigenvalue weighted by molar-refractivity contribution is 6.31. The van der Waals surface area contributed by atoms with Crippen molar-refractivity contribution in [1.29, 1.82) is 0 Å². The maximum atomic E-state index is 12.8. The number of carbonyl (C=O) groups is 1. The summed E-state index contributed by atoms with van der Waals surface area (Å²) in [6.07, 6.45) is 2.55. The normalized spacial score (nSPS) is 14.2. The minimum Gasteiger partial charge on any atom is -0.465 e. The van der Waals surface area contributed by atoms with Crippen LogP contribution in [0.5, 0.6) is 0 Å². The van der Waals surface area contributed by atoms with Gasteiger partial charge in [-0.3, -0.25) is 9.36 Å². The van der Waals surface area contributed by atoms with Crippen molar-refractivity contribution in [2.45, 2.75) is 13.0 Å². The molecule has 7 heteroatoms. The highest BCUT2D eigenvalue weighted by atomic mass is 35.5. The number of methoxy groups -OCH3 is 1. The molecule has 0 saturated carbocycles. The number of benzene rings is 2. The third-order valence-corrected chi connectivity index (χ3v) is 5.59. The quantitative estimate of drug-likeness (QED) is 0.424. The summed E-state index contributed by atoms with van der Waals surface area (Å²) in [7, 11) is 1.35. The molecule has 1 aliphatic rings. The molecule has 2 aromatic heterocycles. The summed E-state index contributed by atoms with van der Waals surface area (Å²) in [5.41, 5.74) is 2.49. The van der Waals surface area contributed by atoms with E-state index in [0.717, 1.165) is 5.57 Å². The number of aromatic nitrogens is 2. The van der Waals surface area contributed by atoms with Crippen molar-refractivity contribution >= 4 is 40.1 Å². The van der Waals surface area contributed by atoms with Crippen LogP contribution in [0, 0.1) is 0 Å². The number of nitrogens with zero attached hydrogens (tertiary/aromatic N) is 2. The lowest BCUT2D eigenvalue weighted by Gasteiger charge is -2.06. The maximum absolute atomic E-state index is 12.8. The standard InChI is InChI=1S/C24H17ClN2O4/c1-30-24(29)18-5-3-2-4-17(18)21-9-7-16(31-21)12-14-10-11-27-22(14)26-20-13-15(25)6-8-19(20)23(27)28/h2-9,12-13H,10-11H2,1H3/b14-12+. The van der Waals surface area contributed by atoms with Crippen molar-refractivity contribution in [1.82, 2.24) is 9.55 Å². The van der Waals surface area contributed by atoms with E-state index in [-0.39, 0.29) is 5.56 Å². The van der Waals surface area contributed by atoms with Crippen LogP contribution in [0.1, 0.15) is 28.4 Å². The highest BCUT2D eigenvalue weighted by Crippen LogP contribution is 2.31. The molecule has 2 aromatic carbocycles. The molecule has 154 valence electrons. The Morgan fingerprint density at radius 3 is 2.87 bits per heavy atom. The third-order valence-electron chi connectivity index (χ3n) is 5.35. The van der Waals surface area contributed by atoms with Gasteiger partial charge in [-0.25, -0.2) is 9.78 Å². The fourth-order valence-electron chi connectivity index (χ4n) is 3.86. The highest BCUT2D eigenvalue weighted by Gasteiger charge is 2.22. The number of ether oxygens (including phenoxy) is 1. The van der Waals surface area contributed by atoms with Crippen LogP contribution in [0.3, 0.4) is 0 Å². The average molecular weight is 433 g/mol. The molecule has 0 fully saturated rings. The Hall–Kier alpha value is -3.64. The summed E-state index contributed by atoms with van der Waals surface area (Å²) in [6.45, 7) is 0.560. The number of rotatable bonds is 3. The van der Waals surface area contributed by atoms with Gasteiger partial charge in [0.2, 0.25) is 0 Å². The van der Waals surface area contributed by atoms with Gasteiger partial charge in [0.05, 0.1) is 23.6 Å². The molecule has 5 rings (SSSR count). The monoisotopic (exact) mass is 432 g/mol. The van der Waals surface area contributed by atoms with Crippen molar-refractivity contribution in [3.63, 3.8) is 0 Å². The van der Waals surface area contributed by atoms with Gasteiger partial charge in [-0.1, -0.05) is 29.8 Å². The Kier molecular flexibility index (Phi) is 4.71. The molecule has 0 aliphatic carbocycles. The summed E-state index contributed by atoms with van der Waals surface area (Å²) in [6, 6.07) is 15.9. The molecule has 0 saturated heterocycles. The number of furan rings is 1. The lowest BCUT2D eigenvalue weighted by atomic mass is 10.1. The molecule has 3 heterocycles. The van der Waals surface area contributed by atoms with E-state index in [1.54, 1.807) is 34.9 Å². The van der Waals surface area contributed by atoms with Crippen LogP contribution in [-0.4, -0.2) is 22.6 Å². The molecule has 0 bridgehead atoms. The van der Waals surface area contributed by atoms with Gasteiger partial charge in [0, 0.05) is 22.7 Å². The van der Waals surface area contributed by atoms with Crippen LogP contribution in [0.4, 0.5) is 0 Å². The summed E-state index contributed by atoms with van der Waals surface area (Å²) in [5.74, 6) is 1.36. The van der Waals surface area contributed by atoms with Gasteiger partial charge in [0.15, 0.2) is 0 Å². The molecular weight excluding hydrogens is 416 g/mol. The second-order valence-electron chi connectivity index (χ2n) is 7.21. The Balaban J connectivity index is 1.56. The average Bonchev–Trinajstić information content (AvgIpc) is 3.41. The molecule has 0 atom stereocenters. The molecular formula is C24H17ClN2O4. The number of halogens is 1.